The summed E-state index contributed by atoms with van der Waals surface area (Å²) in [6.45, 7) is 0.0391. The van der Waals surface area contributed by atoms with Crippen LogP contribution in [0, 0.1) is 0 Å². The summed E-state index contributed by atoms with van der Waals surface area (Å²) in [5.74, 6) is 0. The quantitative estimate of drug-likeness (QED) is 0.848. The molecule has 0 saturated carbocycles. The molecule has 0 amide bonds. The molecule has 1 N–H and O–H groups in total. The molecule has 0 aliphatic rings. The molecule has 0 bridgehead atoms. The maximum absolute atomic E-state index is 9.07. The van der Waals surface area contributed by atoms with Crippen molar-refractivity contribution in [1.29, 1.82) is 0 Å². The lowest BCUT2D eigenvalue weighted by molar-refractivity contribution is 0.282. The number of hydrogen-bond donors (Lipinski definition) is 1. The largest absolute Gasteiger partial charge is 0.392 e. The Kier molecular flexibility index (Phi) is 5.29. The van der Waals surface area contributed by atoms with E-state index in [4.69, 9.17) is 5.11 Å². The van der Waals surface area contributed by atoms with Crippen LogP contribution >= 0.6 is 0 Å². The summed E-state index contributed by atoms with van der Waals surface area (Å²) in [6, 6.07) is 15.9. The van der Waals surface area contributed by atoms with E-state index in [0.29, 0.717) is 0 Å². The molecule has 2 aromatic carbocycles. The highest BCUT2D eigenvalue weighted by Crippen LogP contribution is 2.14. The van der Waals surface area contributed by atoms with Crippen LogP contribution in [0.3, 0.4) is 0 Å². The number of benzene rings is 2. The molecule has 3 nitrogen and oxygen atoms in total. The highest BCUT2D eigenvalue weighted by molar-refractivity contribution is 5.80. The maximum atomic E-state index is 9.07. The van der Waals surface area contributed by atoms with Gasteiger partial charge in [-0.25, -0.2) is 0 Å². The molecule has 0 spiro atoms. The lowest BCUT2D eigenvalue weighted by Crippen LogP contribution is -2.07. The fourth-order valence-electron chi connectivity index (χ4n) is 1.90. The molecule has 0 aliphatic carbocycles. The number of aliphatic hydroxyl groups excluding tert-OH is 1. The first kappa shape index (κ1) is 15.0. The first-order chi connectivity index (χ1) is 10.2. The van der Waals surface area contributed by atoms with Gasteiger partial charge in [0, 0.05) is 26.0 Å². The summed E-state index contributed by atoms with van der Waals surface area (Å²) in [5, 5.41) is 9.07. The molecule has 0 saturated heterocycles. The van der Waals surface area contributed by atoms with Crippen LogP contribution in [0.2, 0.25) is 0 Å². The highest BCUT2D eigenvalue weighted by Gasteiger charge is 1.93. The molecule has 0 aromatic heterocycles. The molecule has 108 valence electrons. The standard InChI is InChI=1S/C18H20N2O/c1-20(2)18-10-8-15(9-11-18)6-4-12-19-17-7-3-5-16(13-17)14-21/h3-13,21H,14H2,1-2H3/b6-4+,19-12?. The van der Waals surface area contributed by atoms with Crippen LogP contribution in [-0.2, 0) is 6.61 Å². The molecule has 0 unspecified atom stereocenters. The number of rotatable bonds is 5. The van der Waals surface area contributed by atoms with Crippen LogP contribution in [0.5, 0.6) is 0 Å². The van der Waals surface area contributed by atoms with Gasteiger partial charge in [0.1, 0.15) is 0 Å². The zero-order valence-electron chi connectivity index (χ0n) is 12.4. The molecule has 2 rings (SSSR count). The van der Waals surface area contributed by atoms with Crippen LogP contribution in [0.25, 0.3) is 6.08 Å². The molecule has 0 atom stereocenters. The van der Waals surface area contributed by atoms with Crippen molar-refractivity contribution in [2.75, 3.05) is 19.0 Å². The van der Waals surface area contributed by atoms with Gasteiger partial charge < -0.3 is 10.0 Å². The number of aliphatic hydroxyl groups is 1. The van der Waals surface area contributed by atoms with Crippen molar-refractivity contribution in [1.82, 2.24) is 0 Å². The fraction of sp³-hybridized carbons (Fsp3) is 0.167. The van der Waals surface area contributed by atoms with Crippen LogP contribution in [0.1, 0.15) is 11.1 Å². The number of hydrogen-bond acceptors (Lipinski definition) is 3. The third-order valence-electron chi connectivity index (χ3n) is 3.10. The fourth-order valence-corrected chi connectivity index (χ4v) is 1.90. The van der Waals surface area contributed by atoms with Crippen molar-refractivity contribution in [2.24, 2.45) is 4.99 Å². The van der Waals surface area contributed by atoms with E-state index < -0.39 is 0 Å². The summed E-state index contributed by atoms with van der Waals surface area (Å²) in [4.78, 5) is 6.42. The molecule has 2 aromatic rings. The van der Waals surface area contributed by atoms with E-state index in [0.717, 1.165) is 16.8 Å². The minimum Gasteiger partial charge on any atom is -0.392 e. The van der Waals surface area contributed by atoms with Crippen LogP contribution in [0.15, 0.2) is 59.6 Å². The second-order valence-corrected chi connectivity index (χ2v) is 4.95. The van der Waals surface area contributed by atoms with E-state index in [1.807, 2.05) is 50.5 Å². The molecular formula is C18H20N2O. The first-order valence-electron chi connectivity index (χ1n) is 6.87. The van der Waals surface area contributed by atoms with E-state index in [2.05, 4.69) is 34.2 Å². The predicted octanol–water partition coefficient (Wildman–Crippen LogP) is 3.66. The average Bonchev–Trinajstić information content (AvgIpc) is 2.52. The van der Waals surface area contributed by atoms with Gasteiger partial charge in [0.15, 0.2) is 0 Å². The number of aliphatic imine (C=N–C) groups is 1. The number of allylic oxidation sites excluding steroid dienone is 1. The molecule has 0 radical (unpaired) electrons. The lowest BCUT2D eigenvalue weighted by atomic mass is 10.2. The topological polar surface area (TPSA) is 35.8 Å². The van der Waals surface area contributed by atoms with Crippen molar-refractivity contribution in [3.63, 3.8) is 0 Å². The van der Waals surface area contributed by atoms with E-state index in [9.17, 15) is 0 Å². The van der Waals surface area contributed by atoms with Crippen molar-refractivity contribution < 1.29 is 5.11 Å². The zero-order chi connectivity index (χ0) is 15.1. The second kappa shape index (κ2) is 7.41. The normalized spacial score (nSPS) is 11.4. The monoisotopic (exact) mass is 280 g/mol. The molecule has 0 aliphatic heterocycles. The van der Waals surface area contributed by atoms with Crippen LogP contribution in [-0.4, -0.2) is 25.4 Å². The molecule has 0 fully saturated rings. The Bertz CT molecular complexity index is 628. The number of nitrogens with zero attached hydrogens (tertiary/aromatic N) is 2. The van der Waals surface area contributed by atoms with Gasteiger partial charge >= 0.3 is 0 Å². The van der Waals surface area contributed by atoms with E-state index in [1.54, 1.807) is 6.21 Å². The lowest BCUT2D eigenvalue weighted by Gasteiger charge is -2.11. The van der Waals surface area contributed by atoms with Crippen LogP contribution < -0.4 is 4.90 Å². The van der Waals surface area contributed by atoms with Crippen molar-refractivity contribution in [3.8, 4) is 0 Å². The van der Waals surface area contributed by atoms with Gasteiger partial charge in [0.05, 0.1) is 12.3 Å². The van der Waals surface area contributed by atoms with Gasteiger partial charge in [-0.15, -0.1) is 0 Å². The molecular weight excluding hydrogens is 260 g/mol. The summed E-state index contributed by atoms with van der Waals surface area (Å²) >= 11 is 0. The van der Waals surface area contributed by atoms with Gasteiger partial charge in [0.2, 0.25) is 0 Å². The van der Waals surface area contributed by atoms with Gasteiger partial charge in [-0.3, -0.25) is 4.99 Å². The van der Waals surface area contributed by atoms with Gasteiger partial charge in [0.25, 0.3) is 0 Å². The smallest absolute Gasteiger partial charge is 0.0682 e. The Balaban J connectivity index is 1.99. The Morgan fingerprint density at radius 1 is 1.10 bits per heavy atom. The minimum absolute atomic E-state index is 0.0391. The van der Waals surface area contributed by atoms with Crippen molar-refractivity contribution in [2.45, 2.75) is 6.61 Å². The molecule has 21 heavy (non-hydrogen) atoms. The zero-order valence-corrected chi connectivity index (χ0v) is 12.4. The first-order valence-corrected chi connectivity index (χ1v) is 6.87. The van der Waals surface area contributed by atoms with E-state index in [-0.39, 0.29) is 6.61 Å². The summed E-state index contributed by atoms with van der Waals surface area (Å²) < 4.78 is 0. The Morgan fingerprint density at radius 2 is 1.86 bits per heavy atom. The van der Waals surface area contributed by atoms with E-state index in [1.165, 1.54) is 5.69 Å². The van der Waals surface area contributed by atoms with Gasteiger partial charge in [-0.05, 0) is 41.5 Å². The number of anilines is 1. The predicted molar refractivity (Wildman–Crippen MR) is 90.3 cm³/mol. The van der Waals surface area contributed by atoms with Crippen molar-refractivity contribution in [3.05, 3.63) is 65.7 Å². The molecule has 0 heterocycles. The average molecular weight is 280 g/mol. The minimum atomic E-state index is 0.0391. The summed E-state index contributed by atoms with van der Waals surface area (Å²) in [6.07, 6.45) is 5.69. The summed E-state index contributed by atoms with van der Waals surface area (Å²) in [7, 11) is 4.05. The Hall–Kier alpha value is -2.39. The van der Waals surface area contributed by atoms with Gasteiger partial charge in [-0.1, -0.05) is 30.3 Å². The maximum Gasteiger partial charge on any atom is 0.0682 e. The van der Waals surface area contributed by atoms with Crippen molar-refractivity contribution >= 4 is 23.7 Å². The second-order valence-electron chi connectivity index (χ2n) is 4.95. The third kappa shape index (κ3) is 4.58. The van der Waals surface area contributed by atoms with Crippen LogP contribution in [0.4, 0.5) is 11.4 Å². The third-order valence-corrected chi connectivity index (χ3v) is 3.10. The Labute approximate surface area is 125 Å². The molecule has 3 heteroatoms. The van der Waals surface area contributed by atoms with E-state index >= 15 is 0 Å². The Morgan fingerprint density at radius 3 is 2.52 bits per heavy atom. The highest BCUT2D eigenvalue weighted by atomic mass is 16.3. The SMILES string of the molecule is CN(C)c1ccc(/C=C/C=Nc2cccc(CO)c2)cc1. The summed E-state index contributed by atoms with van der Waals surface area (Å²) in [5.41, 5.74) is 4.03. The van der Waals surface area contributed by atoms with Gasteiger partial charge in [-0.2, -0.15) is 0 Å².